The smallest absolute Gasteiger partial charge is 0.257 e. The van der Waals surface area contributed by atoms with Gasteiger partial charge >= 0.3 is 0 Å². The molecule has 1 aliphatic heterocycles. The molecule has 5 heteroatoms. The molecule has 0 spiro atoms. The maximum atomic E-state index is 13.7. The Morgan fingerprint density at radius 1 is 1.61 bits per heavy atom. The van der Waals surface area contributed by atoms with Crippen molar-refractivity contribution >= 4 is 21.8 Å². The molecule has 18 heavy (non-hydrogen) atoms. The number of halogens is 2. The fourth-order valence-corrected chi connectivity index (χ4v) is 2.73. The maximum absolute atomic E-state index is 13.7. The third-order valence-corrected chi connectivity index (χ3v) is 3.73. The lowest BCUT2D eigenvalue weighted by Gasteiger charge is -2.24. The number of likely N-dealkylation sites (N-methyl/N-ethyl adjacent to an activating group) is 1. The first kappa shape index (κ1) is 13.5. The van der Waals surface area contributed by atoms with Crippen LogP contribution >= 0.6 is 15.9 Å². The summed E-state index contributed by atoms with van der Waals surface area (Å²) in [4.78, 5) is 14.1. The van der Waals surface area contributed by atoms with Crippen molar-refractivity contribution in [3.05, 3.63) is 34.1 Å². The Labute approximate surface area is 114 Å². The molecule has 1 N–H and O–H groups in total. The van der Waals surface area contributed by atoms with E-state index >= 15 is 0 Å². The number of nitrogens with zero attached hydrogens (tertiary/aromatic N) is 1. The van der Waals surface area contributed by atoms with Crippen LogP contribution in [-0.4, -0.2) is 37.0 Å². The fraction of sp³-hybridized carbons (Fsp3) is 0.462. The highest BCUT2D eigenvalue weighted by Crippen LogP contribution is 2.23. The van der Waals surface area contributed by atoms with Gasteiger partial charge in [-0.2, -0.15) is 0 Å². The summed E-state index contributed by atoms with van der Waals surface area (Å²) in [6.07, 6.45) is 1.95. The highest BCUT2D eigenvalue weighted by molar-refractivity contribution is 9.10. The molecule has 3 nitrogen and oxygen atoms in total. The second-order valence-corrected chi connectivity index (χ2v) is 5.39. The summed E-state index contributed by atoms with van der Waals surface area (Å²) >= 11 is 3.27. The predicted molar refractivity (Wildman–Crippen MR) is 72.1 cm³/mol. The summed E-state index contributed by atoms with van der Waals surface area (Å²) in [5.74, 6) is -0.676. The molecule has 1 fully saturated rings. The predicted octanol–water partition coefficient (Wildman–Crippen LogP) is 2.41. The lowest BCUT2D eigenvalue weighted by atomic mass is 10.1. The molecule has 0 radical (unpaired) electrons. The Hall–Kier alpha value is -0.940. The van der Waals surface area contributed by atoms with Gasteiger partial charge in [-0.3, -0.25) is 4.79 Å². The van der Waals surface area contributed by atoms with Crippen LogP contribution in [0.15, 0.2) is 22.7 Å². The Kier molecular flexibility index (Phi) is 4.35. The number of hydrogen-bond acceptors (Lipinski definition) is 2. The third kappa shape index (κ3) is 2.72. The van der Waals surface area contributed by atoms with Crippen molar-refractivity contribution in [3.8, 4) is 0 Å². The van der Waals surface area contributed by atoms with E-state index in [1.165, 1.54) is 6.07 Å². The van der Waals surface area contributed by atoms with Crippen LogP contribution < -0.4 is 5.32 Å². The van der Waals surface area contributed by atoms with Gasteiger partial charge in [-0.15, -0.1) is 0 Å². The molecule has 1 aromatic rings. The molecular weight excluding hydrogens is 299 g/mol. The van der Waals surface area contributed by atoms with Gasteiger partial charge in [-0.1, -0.05) is 15.9 Å². The first-order valence-corrected chi connectivity index (χ1v) is 6.83. The summed E-state index contributed by atoms with van der Waals surface area (Å²) in [7, 11) is 1.86. The minimum atomic E-state index is -0.460. The molecule has 1 aromatic carbocycles. The molecule has 1 saturated heterocycles. The van der Waals surface area contributed by atoms with Crippen LogP contribution in [-0.2, 0) is 0 Å². The van der Waals surface area contributed by atoms with Crippen molar-refractivity contribution in [2.24, 2.45) is 0 Å². The topological polar surface area (TPSA) is 32.3 Å². The Morgan fingerprint density at radius 2 is 2.39 bits per heavy atom. The van der Waals surface area contributed by atoms with Gasteiger partial charge in [0.1, 0.15) is 5.82 Å². The maximum Gasteiger partial charge on any atom is 0.257 e. The van der Waals surface area contributed by atoms with Gasteiger partial charge in [0.15, 0.2) is 0 Å². The van der Waals surface area contributed by atoms with E-state index < -0.39 is 5.82 Å². The molecule has 1 amide bonds. The van der Waals surface area contributed by atoms with Gasteiger partial charge in [0.25, 0.3) is 5.91 Å². The van der Waals surface area contributed by atoms with Crippen LogP contribution in [0, 0.1) is 5.82 Å². The summed E-state index contributed by atoms with van der Waals surface area (Å²) in [6.45, 7) is 1.46. The van der Waals surface area contributed by atoms with Gasteiger partial charge in [-0.25, -0.2) is 4.39 Å². The van der Waals surface area contributed by atoms with Crippen molar-refractivity contribution in [2.75, 3.05) is 20.1 Å². The molecule has 1 aliphatic rings. The SMILES string of the molecule is CNCC1CCCN1C(=O)c1cc(Br)ccc1F. The normalized spacial score (nSPS) is 19.3. The first-order chi connectivity index (χ1) is 8.63. The van der Waals surface area contributed by atoms with Crippen molar-refractivity contribution in [1.82, 2.24) is 10.2 Å². The van der Waals surface area contributed by atoms with E-state index in [0.717, 1.165) is 23.9 Å². The van der Waals surface area contributed by atoms with Crippen LogP contribution in [0.2, 0.25) is 0 Å². The van der Waals surface area contributed by atoms with Crippen molar-refractivity contribution < 1.29 is 9.18 Å². The summed E-state index contributed by atoms with van der Waals surface area (Å²) < 4.78 is 14.4. The summed E-state index contributed by atoms with van der Waals surface area (Å²) in [6, 6.07) is 4.63. The van der Waals surface area contributed by atoms with E-state index in [1.54, 1.807) is 17.0 Å². The van der Waals surface area contributed by atoms with Gasteiger partial charge in [-0.05, 0) is 38.1 Å². The zero-order chi connectivity index (χ0) is 13.1. The first-order valence-electron chi connectivity index (χ1n) is 6.04. The van der Waals surface area contributed by atoms with Crippen molar-refractivity contribution in [1.29, 1.82) is 0 Å². The summed E-state index contributed by atoms with van der Waals surface area (Å²) in [5.41, 5.74) is 0.146. The van der Waals surface area contributed by atoms with E-state index in [-0.39, 0.29) is 17.5 Å². The minimum absolute atomic E-state index is 0.146. The zero-order valence-electron chi connectivity index (χ0n) is 10.2. The molecule has 2 rings (SSSR count). The van der Waals surface area contributed by atoms with Crippen LogP contribution in [0.3, 0.4) is 0 Å². The van der Waals surface area contributed by atoms with Crippen molar-refractivity contribution in [2.45, 2.75) is 18.9 Å². The highest BCUT2D eigenvalue weighted by Gasteiger charge is 2.30. The molecular formula is C13H16BrFN2O. The zero-order valence-corrected chi connectivity index (χ0v) is 11.8. The molecule has 0 saturated carbocycles. The highest BCUT2D eigenvalue weighted by atomic mass is 79.9. The molecule has 98 valence electrons. The molecule has 0 aliphatic carbocycles. The molecule has 0 bridgehead atoms. The van der Waals surface area contributed by atoms with E-state index in [9.17, 15) is 9.18 Å². The van der Waals surface area contributed by atoms with E-state index in [0.29, 0.717) is 6.54 Å². The fourth-order valence-electron chi connectivity index (χ4n) is 2.37. The Morgan fingerprint density at radius 3 is 3.11 bits per heavy atom. The lowest BCUT2D eigenvalue weighted by Crippen LogP contribution is -2.41. The van der Waals surface area contributed by atoms with E-state index in [4.69, 9.17) is 0 Å². The third-order valence-electron chi connectivity index (χ3n) is 3.24. The average molecular weight is 315 g/mol. The number of rotatable bonds is 3. The number of amides is 1. The molecule has 1 unspecified atom stereocenters. The minimum Gasteiger partial charge on any atom is -0.334 e. The van der Waals surface area contributed by atoms with E-state index in [1.807, 2.05) is 7.05 Å². The second-order valence-electron chi connectivity index (χ2n) is 4.48. The van der Waals surface area contributed by atoms with Gasteiger partial charge in [0.2, 0.25) is 0 Å². The number of benzene rings is 1. The molecule has 0 aromatic heterocycles. The number of carbonyl (C=O) groups is 1. The van der Waals surface area contributed by atoms with Crippen LogP contribution in [0.5, 0.6) is 0 Å². The van der Waals surface area contributed by atoms with Gasteiger partial charge in [0.05, 0.1) is 5.56 Å². The average Bonchev–Trinajstić information content (AvgIpc) is 2.80. The van der Waals surface area contributed by atoms with Crippen LogP contribution in [0.1, 0.15) is 23.2 Å². The van der Waals surface area contributed by atoms with Gasteiger partial charge in [0, 0.05) is 23.6 Å². The number of nitrogens with one attached hydrogen (secondary N) is 1. The van der Waals surface area contributed by atoms with E-state index in [2.05, 4.69) is 21.2 Å². The number of likely N-dealkylation sites (tertiary alicyclic amines) is 1. The lowest BCUT2D eigenvalue weighted by molar-refractivity contribution is 0.0732. The van der Waals surface area contributed by atoms with Crippen molar-refractivity contribution in [3.63, 3.8) is 0 Å². The Bertz CT molecular complexity index is 453. The largest absolute Gasteiger partial charge is 0.334 e. The van der Waals surface area contributed by atoms with Crippen LogP contribution in [0.25, 0.3) is 0 Å². The molecule has 1 atom stereocenters. The van der Waals surface area contributed by atoms with Gasteiger partial charge < -0.3 is 10.2 Å². The number of carbonyl (C=O) groups excluding carboxylic acids is 1. The monoisotopic (exact) mass is 314 g/mol. The Balaban J connectivity index is 2.22. The quantitative estimate of drug-likeness (QED) is 0.929. The molecule has 1 heterocycles. The summed E-state index contributed by atoms with van der Waals surface area (Å²) in [5, 5.41) is 3.08. The number of hydrogen-bond donors (Lipinski definition) is 1. The van der Waals surface area contributed by atoms with Crippen LogP contribution in [0.4, 0.5) is 4.39 Å². The standard InChI is InChI=1S/C13H16BrFN2O/c1-16-8-10-3-2-6-17(10)13(18)11-7-9(14)4-5-12(11)15/h4-5,7,10,16H,2-3,6,8H2,1H3. The second kappa shape index (κ2) is 5.80.